The SMILES string of the molecule is NCC(CC(=O)O)c1c[nH]c2c(Br)cccc12. The molecule has 0 bridgehead atoms. The zero-order valence-corrected chi connectivity index (χ0v) is 10.7. The lowest BCUT2D eigenvalue weighted by atomic mass is 9.95. The van der Waals surface area contributed by atoms with Crippen LogP contribution in [0.1, 0.15) is 17.9 Å². The van der Waals surface area contributed by atoms with Crippen LogP contribution < -0.4 is 5.73 Å². The van der Waals surface area contributed by atoms with Crippen LogP contribution in [0.5, 0.6) is 0 Å². The van der Waals surface area contributed by atoms with Crippen molar-refractivity contribution in [2.45, 2.75) is 12.3 Å². The number of carbonyl (C=O) groups is 1. The first-order valence-corrected chi connectivity index (χ1v) is 6.10. The molecular formula is C12H13BrN2O2. The Morgan fingerprint density at radius 3 is 2.94 bits per heavy atom. The number of hydrogen-bond acceptors (Lipinski definition) is 2. The molecule has 5 heteroatoms. The van der Waals surface area contributed by atoms with Crippen LogP contribution in [-0.2, 0) is 4.79 Å². The Hall–Kier alpha value is -1.33. The summed E-state index contributed by atoms with van der Waals surface area (Å²) in [5, 5.41) is 9.89. The molecule has 4 nitrogen and oxygen atoms in total. The van der Waals surface area contributed by atoms with E-state index in [-0.39, 0.29) is 12.3 Å². The number of para-hydroxylation sites is 1. The highest BCUT2D eigenvalue weighted by molar-refractivity contribution is 9.10. The maximum atomic E-state index is 10.8. The number of hydrogen-bond donors (Lipinski definition) is 3. The summed E-state index contributed by atoms with van der Waals surface area (Å²) in [5.41, 5.74) is 7.59. The van der Waals surface area contributed by atoms with Gasteiger partial charge in [-0.05, 0) is 34.1 Å². The molecule has 0 radical (unpaired) electrons. The van der Waals surface area contributed by atoms with E-state index in [1.165, 1.54) is 0 Å². The monoisotopic (exact) mass is 296 g/mol. The molecule has 90 valence electrons. The number of aromatic amines is 1. The molecule has 1 aromatic carbocycles. The molecule has 17 heavy (non-hydrogen) atoms. The molecule has 4 N–H and O–H groups in total. The third-order valence-electron chi connectivity index (χ3n) is 2.84. The number of aliphatic carboxylic acids is 1. The smallest absolute Gasteiger partial charge is 0.304 e. The van der Waals surface area contributed by atoms with Crippen LogP contribution in [0, 0.1) is 0 Å². The molecule has 0 amide bonds. The van der Waals surface area contributed by atoms with E-state index >= 15 is 0 Å². The number of fused-ring (bicyclic) bond motifs is 1. The van der Waals surface area contributed by atoms with Crippen LogP contribution in [-0.4, -0.2) is 22.6 Å². The van der Waals surface area contributed by atoms with Crippen LogP contribution in [0.4, 0.5) is 0 Å². The predicted octanol–water partition coefficient (Wildman–Crippen LogP) is 2.45. The summed E-state index contributed by atoms with van der Waals surface area (Å²) in [4.78, 5) is 13.9. The molecule has 2 rings (SSSR count). The number of H-pyrrole nitrogens is 1. The Kier molecular flexibility index (Phi) is 3.49. The number of carboxylic acid groups (broad SMARTS) is 1. The number of nitrogens with one attached hydrogen (secondary N) is 1. The molecule has 2 aromatic rings. The topological polar surface area (TPSA) is 79.1 Å². The van der Waals surface area contributed by atoms with Crippen LogP contribution in [0.25, 0.3) is 10.9 Å². The molecule has 0 fully saturated rings. The van der Waals surface area contributed by atoms with Gasteiger partial charge in [-0.15, -0.1) is 0 Å². The maximum absolute atomic E-state index is 10.8. The number of benzene rings is 1. The van der Waals surface area contributed by atoms with Gasteiger partial charge >= 0.3 is 5.97 Å². The van der Waals surface area contributed by atoms with E-state index in [0.717, 1.165) is 20.9 Å². The molecule has 0 aliphatic heterocycles. The Morgan fingerprint density at radius 1 is 1.53 bits per heavy atom. The maximum Gasteiger partial charge on any atom is 0.304 e. The molecule has 1 unspecified atom stereocenters. The standard InChI is InChI=1S/C12H13BrN2O2/c13-10-3-1-2-8-9(6-15-12(8)10)7(5-14)4-11(16)17/h1-3,6-7,15H,4-5,14H2,(H,16,17). The molecule has 0 aliphatic rings. The van der Waals surface area contributed by atoms with Gasteiger partial charge in [-0.2, -0.15) is 0 Å². The van der Waals surface area contributed by atoms with E-state index in [0.29, 0.717) is 6.54 Å². The molecule has 1 atom stereocenters. The first-order chi connectivity index (χ1) is 8.13. The molecule has 1 aromatic heterocycles. The first-order valence-electron chi connectivity index (χ1n) is 5.31. The molecule has 0 saturated carbocycles. The van der Waals surface area contributed by atoms with E-state index in [1.807, 2.05) is 24.4 Å². The third kappa shape index (κ3) is 2.35. The van der Waals surface area contributed by atoms with Crippen LogP contribution >= 0.6 is 15.9 Å². The summed E-state index contributed by atoms with van der Waals surface area (Å²) in [6.07, 6.45) is 1.89. The fraction of sp³-hybridized carbons (Fsp3) is 0.250. The van der Waals surface area contributed by atoms with Crippen LogP contribution in [0.2, 0.25) is 0 Å². The first kappa shape index (κ1) is 12.1. The van der Waals surface area contributed by atoms with Crippen molar-refractivity contribution in [1.29, 1.82) is 0 Å². The van der Waals surface area contributed by atoms with Crippen molar-refractivity contribution in [3.63, 3.8) is 0 Å². The van der Waals surface area contributed by atoms with Gasteiger partial charge in [0.2, 0.25) is 0 Å². The highest BCUT2D eigenvalue weighted by Gasteiger charge is 2.18. The Balaban J connectivity index is 2.47. The van der Waals surface area contributed by atoms with Crippen molar-refractivity contribution in [1.82, 2.24) is 4.98 Å². The third-order valence-corrected chi connectivity index (χ3v) is 3.50. The Morgan fingerprint density at radius 2 is 2.29 bits per heavy atom. The number of aromatic nitrogens is 1. The van der Waals surface area contributed by atoms with Crippen molar-refractivity contribution in [2.24, 2.45) is 5.73 Å². The summed E-state index contributed by atoms with van der Waals surface area (Å²) in [6.45, 7) is 0.325. The van der Waals surface area contributed by atoms with Gasteiger partial charge in [0.15, 0.2) is 0 Å². The highest BCUT2D eigenvalue weighted by atomic mass is 79.9. The van der Waals surface area contributed by atoms with E-state index < -0.39 is 5.97 Å². The number of rotatable bonds is 4. The lowest BCUT2D eigenvalue weighted by molar-refractivity contribution is -0.137. The predicted molar refractivity (Wildman–Crippen MR) is 70.0 cm³/mol. The minimum atomic E-state index is -0.829. The second kappa shape index (κ2) is 4.89. The summed E-state index contributed by atoms with van der Waals surface area (Å²) in [5.74, 6) is -0.986. The quantitative estimate of drug-likeness (QED) is 0.811. The summed E-state index contributed by atoms with van der Waals surface area (Å²) in [7, 11) is 0. The van der Waals surface area contributed by atoms with Gasteiger partial charge in [0.05, 0.1) is 11.9 Å². The van der Waals surface area contributed by atoms with Crippen LogP contribution in [0.15, 0.2) is 28.9 Å². The fourth-order valence-corrected chi connectivity index (χ4v) is 2.49. The zero-order chi connectivity index (χ0) is 12.4. The number of carboxylic acids is 1. The molecule has 0 spiro atoms. The number of halogens is 1. The average molecular weight is 297 g/mol. The van der Waals surface area contributed by atoms with Gasteiger partial charge in [-0.3, -0.25) is 4.79 Å². The highest BCUT2D eigenvalue weighted by Crippen LogP contribution is 2.31. The molecule has 0 saturated heterocycles. The van der Waals surface area contributed by atoms with Gasteiger partial charge in [0.25, 0.3) is 0 Å². The Labute approximate surface area is 107 Å². The van der Waals surface area contributed by atoms with Crippen molar-refractivity contribution >= 4 is 32.8 Å². The van der Waals surface area contributed by atoms with Crippen molar-refractivity contribution in [3.05, 3.63) is 34.4 Å². The molecule has 0 aliphatic carbocycles. The van der Waals surface area contributed by atoms with Gasteiger partial charge < -0.3 is 15.8 Å². The largest absolute Gasteiger partial charge is 0.481 e. The molecule has 1 heterocycles. The Bertz CT molecular complexity index is 550. The van der Waals surface area contributed by atoms with Crippen molar-refractivity contribution in [3.8, 4) is 0 Å². The summed E-state index contributed by atoms with van der Waals surface area (Å²) >= 11 is 3.45. The minimum absolute atomic E-state index is 0.0516. The van der Waals surface area contributed by atoms with Gasteiger partial charge in [0.1, 0.15) is 0 Å². The average Bonchev–Trinajstić information content (AvgIpc) is 2.71. The molecular weight excluding hydrogens is 284 g/mol. The van der Waals surface area contributed by atoms with Gasteiger partial charge in [-0.25, -0.2) is 0 Å². The van der Waals surface area contributed by atoms with Gasteiger partial charge in [0, 0.05) is 22.0 Å². The van der Waals surface area contributed by atoms with E-state index in [9.17, 15) is 4.79 Å². The zero-order valence-electron chi connectivity index (χ0n) is 9.11. The van der Waals surface area contributed by atoms with Gasteiger partial charge in [-0.1, -0.05) is 12.1 Å². The normalized spacial score (nSPS) is 12.8. The van der Waals surface area contributed by atoms with Crippen molar-refractivity contribution < 1.29 is 9.90 Å². The summed E-state index contributed by atoms with van der Waals surface area (Å²) < 4.78 is 0.965. The van der Waals surface area contributed by atoms with Crippen LogP contribution in [0.3, 0.4) is 0 Å². The lowest BCUT2D eigenvalue weighted by Crippen LogP contribution is -2.15. The van der Waals surface area contributed by atoms with E-state index in [4.69, 9.17) is 10.8 Å². The van der Waals surface area contributed by atoms with Crippen molar-refractivity contribution in [2.75, 3.05) is 6.54 Å². The lowest BCUT2D eigenvalue weighted by Gasteiger charge is -2.11. The fourth-order valence-electron chi connectivity index (χ4n) is 2.01. The van der Waals surface area contributed by atoms with E-state index in [1.54, 1.807) is 0 Å². The minimum Gasteiger partial charge on any atom is -0.481 e. The van der Waals surface area contributed by atoms with E-state index in [2.05, 4.69) is 20.9 Å². The summed E-state index contributed by atoms with van der Waals surface area (Å²) in [6, 6.07) is 5.84. The second-order valence-electron chi connectivity index (χ2n) is 3.94. The second-order valence-corrected chi connectivity index (χ2v) is 4.79. The number of nitrogens with two attached hydrogens (primary N) is 1.